The van der Waals surface area contributed by atoms with Crippen molar-refractivity contribution in [2.75, 3.05) is 25.6 Å². The average Bonchev–Trinajstić information content (AvgIpc) is 2.70. The number of esters is 1. The third kappa shape index (κ3) is 6.12. The number of nitrogens with one attached hydrogen (secondary N) is 1. The second kappa shape index (κ2) is 10.7. The molecule has 156 valence electrons. The van der Waals surface area contributed by atoms with Gasteiger partial charge in [0.2, 0.25) is 0 Å². The van der Waals surface area contributed by atoms with E-state index in [-0.39, 0.29) is 16.5 Å². The van der Waals surface area contributed by atoms with Crippen LogP contribution in [-0.2, 0) is 9.53 Å². The molecule has 1 amide bonds. The van der Waals surface area contributed by atoms with Crippen LogP contribution in [0.1, 0.15) is 49.0 Å². The van der Waals surface area contributed by atoms with Gasteiger partial charge in [-0.25, -0.2) is 4.79 Å². The second-order valence-electron chi connectivity index (χ2n) is 6.70. The molecule has 0 fully saturated rings. The lowest BCUT2D eigenvalue weighted by Gasteiger charge is -2.14. The predicted molar refractivity (Wildman–Crippen MR) is 113 cm³/mol. The van der Waals surface area contributed by atoms with Gasteiger partial charge in [-0.05, 0) is 36.1 Å². The van der Waals surface area contributed by atoms with Crippen LogP contribution in [0.4, 0.5) is 5.69 Å². The molecule has 2 rings (SSSR count). The van der Waals surface area contributed by atoms with E-state index in [4.69, 9.17) is 25.8 Å². The summed E-state index contributed by atoms with van der Waals surface area (Å²) in [5.74, 6) is -0.159. The van der Waals surface area contributed by atoms with Crippen LogP contribution >= 0.6 is 11.6 Å². The first-order chi connectivity index (χ1) is 13.9. The maximum atomic E-state index is 12.4. The van der Waals surface area contributed by atoms with Gasteiger partial charge in [-0.1, -0.05) is 50.6 Å². The van der Waals surface area contributed by atoms with Gasteiger partial charge in [0, 0.05) is 5.69 Å². The average molecular weight is 420 g/mol. The molecule has 2 aromatic rings. The third-order valence-corrected chi connectivity index (χ3v) is 4.39. The minimum Gasteiger partial charge on any atom is -0.493 e. The number of carbonyl (C=O) groups is 2. The second-order valence-corrected chi connectivity index (χ2v) is 7.11. The zero-order valence-electron chi connectivity index (χ0n) is 17.1. The molecule has 0 radical (unpaired) electrons. The van der Waals surface area contributed by atoms with Crippen molar-refractivity contribution in [3.05, 3.63) is 52.5 Å². The van der Waals surface area contributed by atoms with Crippen molar-refractivity contribution >= 4 is 29.2 Å². The normalized spacial score (nSPS) is 10.6. The van der Waals surface area contributed by atoms with Crippen LogP contribution in [0.5, 0.6) is 11.5 Å². The molecule has 29 heavy (non-hydrogen) atoms. The van der Waals surface area contributed by atoms with Crippen LogP contribution < -0.4 is 14.8 Å². The summed E-state index contributed by atoms with van der Waals surface area (Å²) in [7, 11) is 1.46. The van der Waals surface area contributed by atoms with E-state index in [0.29, 0.717) is 23.8 Å². The summed E-state index contributed by atoms with van der Waals surface area (Å²) in [6.45, 7) is 6.10. The Kier molecular flexibility index (Phi) is 8.34. The number of benzene rings is 2. The van der Waals surface area contributed by atoms with E-state index in [0.717, 1.165) is 12.0 Å². The molecule has 7 heteroatoms. The number of halogens is 1. The SMILES string of the molecule is CCCOc1c(Cl)cc(C(=O)OCC(=O)Nc2ccccc2C(C)C)cc1OC. The lowest BCUT2D eigenvalue weighted by molar-refractivity contribution is -0.119. The number of carbonyl (C=O) groups excluding carboxylic acids is 2. The van der Waals surface area contributed by atoms with Gasteiger partial charge in [0.25, 0.3) is 5.91 Å². The minimum absolute atomic E-state index is 0.172. The Balaban J connectivity index is 2.03. The Morgan fingerprint density at radius 1 is 1.17 bits per heavy atom. The summed E-state index contributed by atoms with van der Waals surface area (Å²) in [4.78, 5) is 24.6. The van der Waals surface area contributed by atoms with E-state index in [1.54, 1.807) is 0 Å². The van der Waals surface area contributed by atoms with Gasteiger partial charge in [-0.15, -0.1) is 0 Å². The monoisotopic (exact) mass is 419 g/mol. The molecular weight excluding hydrogens is 394 g/mol. The number of para-hydroxylation sites is 1. The largest absolute Gasteiger partial charge is 0.493 e. The van der Waals surface area contributed by atoms with Crippen LogP contribution in [0.15, 0.2) is 36.4 Å². The van der Waals surface area contributed by atoms with E-state index in [9.17, 15) is 9.59 Å². The smallest absolute Gasteiger partial charge is 0.338 e. The van der Waals surface area contributed by atoms with Gasteiger partial charge in [0.1, 0.15) is 0 Å². The lowest BCUT2D eigenvalue weighted by Crippen LogP contribution is -2.21. The summed E-state index contributed by atoms with van der Waals surface area (Å²) in [5, 5.41) is 3.01. The topological polar surface area (TPSA) is 73.9 Å². The number of ether oxygens (including phenoxy) is 3. The molecule has 2 aromatic carbocycles. The summed E-state index contributed by atoms with van der Waals surface area (Å²) < 4.78 is 16.0. The van der Waals surface area contributed by atoms with Crippen LogP contribution in [0.3, 0.4) is 0 Å². The van der Waals surface area contributed by atoms with E-state index in [1.807, 2.05) is 45.0 Å². The fraction of sp³-hybridized carbons (Fsp3) is 0.364. The zero-order valence-corrected chi connectivity index (χ0v) is 17.8. The minimum atomic E-state index is -0.681. The van der Waals surface area contributed by atoms with Gasteiger partial charge < -0.3 is 19.5 Å². The van der Waals surface area contributed by atoms with Crippen molar-refractivity contribution in [2.24, 2.45) is 0 Å². The van der Waals surface area contributed by atoms with Crippen molar-refractivity contribution in [2.45, 2.75) is 33.1 Å². The summed E-state index contributed by atoms with van der Waals surface area (Å²) in [5.41, 5.74) is 1.88. The van der Waals surface area contributed by atoms with E-state index >= 15 is 0 Å². The fourth-order valence-corrected chi connectivity index (χ4v) is 2.96. The zero-order chi connectivity index (χ0) is 21.4. The Hall–Kier alpha value is -2.73. The summed E-state index contributed by atoms with van der Waals surface area (Å²) in [6, 6.07) is 10.4. The number of hydrogen-bond donors (Lipinski definition) is 1. The van der Waals surface area contributed by atoms with Gasteiger partial charge >= 0.3 is 5.97 Å². The molecular formula is C22H26ClNO5. The van der Waals surface area contributed by atoms with Crippen LogP contribution in [0, 0.1) is 0 Å². The van der Waals surface area contributed by atoms with Gasteiger partial charge in [0.15, 0.2) is 18.1 Å². The molecule has 0 unspecified atom stereocenters. The number of hydrogen-bond acceptors (Lipinski definition) is 5. The van der Waals surface area contributed by atoms with Crippen molar-refractivity contribution < 1.29 is 23.8 Å². The first-order valence-corrected chi connectivity index (χ1v) is 9.81. The highest BCUT2D eigenvalue weighted by atomic mass is 35.5. The van der Waals surface area contributed by atoms with Gasteiger partial charge in [-0.3, -0.25) is 4.79 Å². The Morgan fingerprint density at radius 3 is 2.55 bits per heavy atom. The highest BCUT2D eigenvalue weighted by Gasteiger charge is 2.18. The maximum Gasteiger partial charge on any atom is 0.338 e. The van der Waals surface area contributed by atoms with Crippen molar-refractivity contribution in [1.82, 2.24) is 0 Å². The molecule has 0 bridgehead atoms. The van der Waals surface area contributed by atoms with Crippen LogP contribution in [0.25, 0.3) is 0 Å². The Morgan fingerprint density at radius 2 is 1.90 bits per heavy atom. The van der Waals surface area contributed by atoms with E-state index in [2.05, 4.69) is 5.32 Å². The van der Waals surface area contributed by atoms with E-state index < -0.39 is 18.5 Å². The summed E-state index contributed by atoms with van der Waals surface area (Å²) in [6.07, 6.45) is 0.804. The first kappa shape index (κ1) is 22.6. The fourth-order valence-electron chi connectivity index (χ4n) is 2.70. The molecule has 1 N–H and O–H groups in total. The third-order valence-electron chi connectivity index (χ3n) is 4.11. The first-order valence-electron chi connectivity index (χ1n) is 9.43. The maximum absolute atomic E-state index is 12.4. The van der Waals surface area contributed by atoms with Crippen molar-refractivity contribution in [3.8, 4) is 11.5 Å². The molecule has 6 nitrogen and oxygen atoms in total. The lowest BCUT2D eigenvalue weighted by atomic mass is 10.0. The molecule has 0 aromatic heterocycles. The van der Waals surface area contributed by atoms with Crippen LogP contribution in [0.2, 0.25) is 5.02 Å². The van der Waals surface area contributed by atoms with Gasteiger partial charge in [-0.2, -0.15) is 0 Å². The molecule has 0 aliphatic rings. The Labute approximate surface area is 176 Å². The number of methoxy groups -OCH3 is 1. The van der Waals surface area contributed by atoms with Crippen LogP contribution in [-0.4, -0.2) is 32.2 Å². The molecule has 0 aliphatic carbocycles. The molecule has 0 atom stereocenters. The standard InChI is InChI=1S/C22H26ClNO5/c1-5-10-28-21-17(23)11-15(12-19(21)27-4)22(26)29-13-20(25)24-18-9-7-6-8-16(18)14(2)3/h6-9,11-12,14H,5,10,13H2,1-4H3,(H,24,25). The number of rotatable bonds is 9. The Bertz CT molecular complexity index is 866. The van der Waals surface area contributed by atoms with Crippen molar-refractivity contribution in [1.29, 1.82) is 0 Å². The van der Waals surface area contributed by atoms with E-state index in [1.165, 1.54) is 19.2 Å². The van der Waals surface area contributed by atoms with Gasteiger partial charge in [0.05, 0.1) is 24.3 Å². The molecule has 0 aliphatic heterocycles. The number of anilines is 1. The molecule has 0 saturated heterocycles. The molecule has 0 spiro atoms. The quantitative estimate of drug-likeness (QED) is 0.575. The highest BCUT2D eigenvalue weighted by molar-refractivity contribution is 6.32. The predicted octanol–water partition coefficient (Wildman–Crippen LogP) is 5.06. The van der Waals surface area contributed by atoms with Crippen molar-refractivity contribution in [3.63, 3.8) is 0 Å². The molecule has 0 saturated carbocycles. The highest BCUT2D eigenvalue weighted by Crippen LogP contribution is 2.36. The number of amides is 1. The summed E-state index contributed by atoms with van der Waals surface area (Å²) >= 11 is 6.22. The molecule has 0 heterocycles.